The smallest absolute Gasteiger partial charge is 0.162 e. The van der Waals surface area contributed by atoms with Gasteiger partial charge in [-0.05, 0) is 42.8 Å². The fourth-order valence-corrected chi connectivity index (χ4v) is 3.09. The van der Waals surface area contributed by atoms with Crippen LogP contribution in [0.1, 0.15) is 11.1 Å². The van der Waals surface area contributed by atoms with E-state index in [1.54, 1.807) is 20.4 Å². The van der Waals surface area contributed by atoms with Crippen LogP contribution in [0, 0.1) is 6.92 Å². The summed E-state index contributed by atoms with van der Waals surface area (Å²) in [7, 11) is 3.22. The van der Waals surface area contributed by atoms with Crippen LogP contribution in [-0.4, -0.2) is 30.4 Å². The third kappa shape index (κ3) is 4.07. The van der Waals surface area contributed by atoms with Crippen molar-refractivity contribution in [1.29, 1.82) is 0 Å². The number of ether oxygens (including phenoxy) is 2. The summed E-state index contributed by atoms with van der Waals surface area (Å²) in [6.45, 7) is 2.06. The first kappa shape index (κ1) is 19.4. The summed E-state index contributed by atoms with van der Waals surface area (Å²) in [6, 6.07) is 21.6. The average Bonchev–Trinajstić information content (AvgIpc) is 2.79. The van der Waals surface area contributed by atoms with E-state index in [-0.39, 0.29) is 0 Å². The van der Waals surface area contributed by atoms with E-state index in [2.05, 4.69) is 29.6 Å². The van der Waals surface area contributed by atoms with Crippen LogP contribution in [0.3, 0.4) is 0 Å². The third-order valence-corrected chi connectivity index (χ3v) is 4.70. The fraction of sp³-hybridized carbons (Fsp3) is 0.125. The molecule has 6 heteroatoms. The van der Waals surface area contributed by atoms with Crippen LogP contribution in [0.15, 0.2) is 71.8 Å². The lowest BCUT2D eigenvalue weighted by Gasteiger charge is -2.09. The highest BCUT2D eigenvalue weighted by Crippen LogP contribution is 2.27. The van der Waals surface area contributed by atoms with E-state index < -0.39 is 0 Å². The maximum absolute atomic E-state index is 5.34. The molecular weight excluding hydrogens is 376 g/mol. The number of benzene rings is 3. The van der Waals surface area contributed by atoms with Gasteiger partial charge in [-0.15, -0.1) is 0 Å². The largest absolute Gasteiger partial charge is 0.493 e. The lowest BCUT2D eigenvalue weighted by molar-refractivity contribution is 0.355. The van der Waals surface area contributed by atoms with Crippen molar-refractivity contribution in [1.82, 2.24) is 9.97 Å². The van der Waals surface area contributed by atoms with Gasteiger partial charge in [0.1, 0.15) is 0 Å². The molecule has 0 unspecified atom stereocenters. The number of anilines is 1. The minimum Gasteiger partial charge on any atom is -0.493 e. The Morgan fingerprint density at radius 3 is 2.40 bits per heavy atom. The second-order valence-corrected chi connectivity index (χ2v) is 6.76. The molecule has 150 valence electrons. The van der Waals surface area contributed by atoms with E-state index in [0.29, 0.717) is 23.1 Å². The monoisotopic (exact) mass is 398 g/mol. The number of aryl methyl sites for hydroxylation is 1. The van der Waals surface area contributed by atoms with Crippen molar-refractivity contribution in [3.63, 3.8) is 0 Å². The second-order valence-electron chi connectivity index (χ2n) is 6.76. The Hall–Kier alpha value is -3.93. The van der Waals surface area contributed by atoms with E-state index in [4.69, 9.17) is 19.4 Å². The van der Waals surface area contributed by atoms with E-state index in [1.807, 2.05) is 54.6 Å². The molecule has 0 radical (unpaired) electrons. The number of fused-ring (bicyclic) bond motifs is 1. The first-order valence-electron chi connectivity index (χ1n) is 9.53. The van der Waals surface area contributed by atoms with Crippen LogP contribution in [0.5, 0.6) is 11.5 Å². The van der Waals surface area contributed by atoms with Crippen LogP contribution in [-0.2, 0) is 0 Å². The number of hydrazone groups is 1. The molecule has 0 bridgehead atoms. The molecule has 1 N–H and O–H groups in total. The molecule has 0 aliphatic rings. The predicted molar refractivity (Wildman–Crippen MR) is 120 cm³/mol. The molecule has 0 spiro atoms. The number of rotatable bonds is 6. The SMILES string of the molecule is COc1ccc(C=NNc2nc(-c3ccc(C)cc3)nc3ccccc23)cc1OC. The molecule has 0 aliphatic carbocycles. The maximum atomic E-state index is 5.34. The van der Waals surface area contributed by atoms with Crippen LogP contribution < -0.4 is 14.9 Å². The Balaban J connectivity index is 1.66. The number of nitrogens with zero attached hydrogens (tertiary/aromatic N) is 3. The van der Waals surface area contributed by atoms with Gasteiger partial charge in [0.15, 0.2) is 23.1 Å². The predicted octanol–water partition coefficient (Wildman–Crippen LogP) is 5.07. The lowest BCUT2D eigenvalue weighted by Crippen LogP contribution is -1.99. The Morgan fingerprint density at radius 1 is 0.867 bits per heavy atom. The Morgan fingerprint density at radius 2 is 1.63 bits per heavy atom. The Bertz CT molecular complexity index is 1200. The molecule has 6 nitrogen and oxygen atoms in total. The molecule has 0 saturated heterocycles. The van der Waals surface area contributed by atoms with Gasteiger partial charge >= 0.3 is 0 Å². The van der Waals surface area contributed by atoms with Crippen LogP contribution in [0.2, 0.25) is 0 Å². The summed E-state index contributed by atoms with van der Waals surface area (Å²) in [6.07, 6.45) is 1.71. The zero-order valence-corrected chi connectivity index (χ0v) is 17.1. The molecule has 3 aromatic carbocycles. The molecule has 0 aliphatic heterocycles. The number of hydrogen-bond acceptors (Lipinski definition) is 6. The minimum absolute atomic E-state index is 0.646. The van der Waals surface area contributed by atoms with Crippen molar-refractivity contribution in [2.45, 2.75) is 6.92 Å². The zero-order valence-electron chi connectivity index (χ0n) is 17.1. The van der Waals surface area contributed by atoms with Gasteiger partial charge in [0.2, 0.25) is 0 Å². The Kier molecular flexibility index (Phi) is 5.57. The third-order valence-electron chi connectivity index (χ3n) is 4.70. The fourth-order valence-electron chi connectivity index (χ4n) is 3.09. The number of para-hydroxylation sites is 1. The van der Waals surface area contributed by atoms with Gasteiger partial charge in [0, 0.05) is 10.9 Å². The van der Waals surface area contributed by atoms with Crippen molar-refractivity contribution < 1.29 is 9.47 Å². The summed E-state index contributed by atoms with van der Waals surface area (Å²) >= 11 is 0. The summed E-state index contributed by atoms with van der Waals surface area (Å²) in [5.74, 6) is 2.62. The molecule has 4 rings (SSSR count). The number of nitrogens with one attached hydrogen (secondary N) is 1. The van der Waals surface area contributed by atoms with E-state index >= 15 is 0 Å². The van der Waals surface area contributed by atoms with Gasteiger partial charge in [-0.1, -0.05) is 42.0 Å². The average molecular weight is 398 g/mol. The number of methoxy groups -OCH3 is 2. The Labute approximate surface area is 175 Å². The van der Waals surface area contributed by atoms with E-state index in [9.17, 15) is 0 Å². The van der Waals surface area contributed by atoms with Crippen molar-refractivity contribution in [2.24, 2.45) is 5.10 Å². The van der Waals surface area contributed by atoms with Crippen LogP contribution in [0.4, 0.5) is 5.82 Å². The summed E-state index contributed by atoms with van der Waals surface area (Å²) < 4.78 is 10.6. The highest BCUT2D eigenvalue weighted by Gasteiger charge is 2.09. The molecule has 1 heterocycles. The molecule has 0 fully saturated rings. The highest BCUT2D eigenvalue weighted by atomic mass is 16.5. The topological polar surface area (TPSA) is 68.6 Å². The van der Waals surface area contributed by atoms with E-state index in [1.165, 1.54) is 5.56 Å². The minimum atomic E-state index is 0.646. The summed E-state index contributed by atoms with van der Waals surface area (Å²) in [5.41, 5.74) is 6.94. The standard InChI is InChI=1S/C24H22N4O2/c1-16-8-11-18(12-9-16)23-26-20-7-5-4-6-19(20)24(27-23)28-25-15-17-10-13-21(29-2)22(14-17)30-3/h4-15H,1-3H3,(H,26,27,28). The van der Waals surface area contributed by atoms with Gasteiger partial charge in [-0.25, -0.2) is 9.97 Å². The van der Waals surface area contributed by atoms with Gasteiger partial charge in [-0.2, -0.15) is 5.10 Å². The van der Waals surface area contributed by atoms with Crippen molar-refractivity contribution in [2.75, 3.05) is 19.6 Å². The number of aromatic nitrogens is 2. The number of hydrogen-bond donors (Lipinski definition) is 1. The van der Waals surface area contributed by atoms with Gasteiger partial charge < -0.3 is 9.47 Å². The molecular formula is C24H22N4O2. The van der Waals surface area contributed by atoms with Crippen molar-refractivity contribution in [3.8, 4) is 22.9 Å². The van der Waals surface area contributed by atoms with E-state index in [0.717, 1.165) is 22.0 Å². The molecule has 0 atom stereocenters. The molecule has 0 saturated carbocycles. The highest BCUT2D eigenvalue weighted by molar-refractivity contribution is 5.91. The van der Waals surface area contributed by atoms with Crippen LogP contribution >= 0.6 is 0 Å². The van der Waals surface area contributed by atoms with Crippen molar-refractivity contribution in [3.05, 3.63) is 77.9 Å². The molecule has 30 heavy (non-hydrogen) atoms. The zero-order chi connectivity index (χ0) is 20.9. The first-order chi connectivity index (χ1) is 14.7. The second kappa shape index (κ2) is 8.61. The maximum Gasteiger partial charge on any atom is 0.162 e. The van der Waals surface area contributed by atoms with Crippen LogP contribution in [0.25, 0.3) is 22.3 Å². The molecule has 0 amide bonds. The van der Waals surface area contributed by atoms with Gasteiger partial charge in [0.25, 0.3) is 0 Å². The van der Waals surface area contributed by atoms with Crippen molar-refractivity contribution >= 4 is 22.9 Å². The summed E-state index contributed by atoms with van der Waals surface area (Å²) in [4.78, 5) is 9.42. The molecule has 1 aromatic heterocycles. The molecule has 4 aromatic rings. The first-order valence-corrected chi connectivity index (χ1v) is 9.53. The normalized spacial score (nSPS) is 11.0. The van der Waals surface area contributed by atoms with Gasteiger partial charge in [-0.3, -0.25) is 5.43 Å². The quantitative estimate of drug-likeness (QED) is 0.363. The summed E-state index contributed by atoms with van der Waals surface area (Å²) in [5, 5.41) is 5.28. The lowest BCUT2D eigenvalue weighted by atomic mass is 10.1. The van der Waals surface area contributed by atoms with Gasteiger partial charge in [0.05, 0.1) is 26.0 Å².